The second kappa shape index (κ2) is 20.8. The zero-order valence-corrected chi connectivity index (χ0v) is 34.3. The maximum absolute atomic E-state index is 14.7. The highest BCUT2D eigenvalue weighted by Crippen LogP contribution is 2.32. The van der Waals surface area contributed by atoms with Gasteiger partial charge >= 0.3 is 5.97 Å². The van der Waals surface area contributed by atoms with Gasteiger partial charge in [-0.3, -0.25) is 24.1 Å². The van der Waals surface area contributed by atoms with Crippen molar-refractivity contribution < 1.29 is 32.3 Å². The number of anilines is 1. The van der Waals surface area contributed by atoms with Crippen LogP contribution in [0.25, 0.3) is 0 Å². The topological polar surface area (TPSA) is 167 Å². The predicted octanol–water partition coefficient (Wildman–Crippen LogP) is 5.75. The summed E-state index contributed by atoms with van der Waals surface area (Å²) in [6.07, 6.45) is 6.43. The Morgan fingerprint density at radius 3 is 2.34 bits per heavy atom. The molecule has 3 rings (SSSR count). The Hall–Kier alpha value is -3.56. The maximum atomic E-state index is 14.7. The molecule has 5 atom stereocenters. The first-order chi connectivity index (χ1) is 25.1. The van der Waals surface area contributed by atoms with Crippen LogP contribution in [-0.2, 0) is 29.1 Å². The van der Waals surface area contributed by atoms with E-state index in [4.69, 9.17) is 4.74 Å². The molecule has 15 heteroatoms. The van der Waals surface area contributed by atoms with E-state index in [1.807, 2.05) is 39.6 Å². The molecule has 0 radical (unpaired) electrons. The molecular formula is C38H60N6O7S2. The van der Waals surface area contributed by atoms with E-state index in [-0.39, 0.29) is 46.7 Å². The van der Waals surface area contributed by atoms with Gasteiger partial charge in [0, 0.05) is 44.0 Å². The fourth-order valence-corrected chi connectivity index (χ4v) is 8.42. The standard InChI is InChI=1S/C38H60N6O7S2/c1-9-11-12-14-22-44(38(48)34(26(5)10-2)41-36(47)31-16-13-15-21-43(31)8)32(25(3)4)23-33(51-27(6)45)37-40-30(24-52-37)35(46)42-53(49,50)29-19-17-28(39-7)18-20-29/h17-20,24-26,31-34,39H,9-16,21-23H2,1-8H3,(H,41,47)(H,42,46)/t26-,31+,32+,33+,34-/m0/s1. The Balaban J connectivity index is 1.92. The third-order valence-corrected chi connectivity index (χ3v) is 12.3. The van der Waals surface area contributed by atoms with Gasteiger partial charge < -0.3 is 20.3 Å². The highest BCUT2D eigenvalue weighted by atomic mass is 32.2. The average Bonchev–Trinajstić information content (AvgIpc) is 3.63. The molecule has 1 fully saturated rings. The number of nitrogens with one attached hydrogen (secondary N) is 3. The van der Waals surface area contributed by atoms with E-state index >= 15 is 0 Å². The molecule has 1 aliphatic heterocycles. The van der Waals surface area contributed by atoms with Gasteiger partial charge in [-0.25, -0.2) is 18.1 Å². The molecule has 13 nitrogen and oxygen atoms in total. The van der Waals surface area contributed by atoms with Crippen molar-refractivity contribution in [2.24, 2.45) is 11.8 Å². The minimum atomic E-state index is -4.19. The van der Waals surface area contributed by atoms with Crippen LogP contribution in [0.2, 0.25) is 0 Å². The Bertz CT molecular complexity index is 1610. The summed E-state index contributed by atoms with van der Waals surface area (Å²) in [5, 5.41) is 7.79. The molecule has 2 aromatic rings. The van der Waals surface area contributed by atoms with Crippen LogP contribution in [0.1, 0.15) is 121 Å². The van der Waals surface area contributed by atoms with E-state index in [9.17, 15) is 27.6 Å². The number of thiazole rings is 1. The number of sulfonamides is 1. The Kier molecular flexibility index (Phi) is 17.2. The monoisotopic (exact) mass is 776 g/mol. The van der Waals surface area contributed by atoms with Crippen molar-refractivity contribution in [3.8, 4) is 0 Å². The molecule has 0 aliphatic carbocycles. The molecule has 0 saturated carbocycles. The highest BCUT2D eigenvalue weighted by Gasteiger charge is 2.38. The van der Waals surface area contributed by atoms with Crippen LogP contribution in [0, 0.1) is 11.8 Å². The van der Waals surface area contributed by atoms with E-state index in [0.29, 0.717) is 23.7 Å². The van der Waals surface area contributed by atoms with Crippen molar-refractivity contribution in [1.82, 2.24) is 24.8 Å². The number of likely N-dealkylation sites (N-methyl/N-ethyl adjacent to an activating group) is 1. The second-order valence-corrected chi connectivity index (χ2v) is 17.0. The number of likely N-dealkylation sites (tertiary alicyclic amines) is 1. The van der Waals surface area contributed by atoms with Crippen LogP contribution >= 0.6 is 11.3 Å². The fraction of sp³-hybridized carbons (Fsp3) is 0.658. The maximum Gasteiger partial charge on any atom is 0.303 e. The quantitative estimate of drug-likeness (QED) is 0.111. The summed E-state index contributed by atoms with van der Waals surface area (Å²) in [5.74, 6) is -2.00. The summed E-state index contributed by atoms with van der Waals surface area (Å²) >= 11 is 1.07. The average molecular weight is 777 g/mol. The lowest BCUT2D eigenvalue weighted by Crippen LogP contribution is -2.59. The van der Waals surface area contributed by atoms with Gasteiger partial charge in [-0.15, -0.1) is 11.3 Å². The third-order valence-electron chi connectivity index (χ3n) is 10.0. The van der Waals surface area contributed by atoms with E-state index in [0.717, 1.165) is 62.8 Å². The lowest BCUT2D eigenvalue weighted by atomic mass is 9.91. The summed E-state index contributed by atoms with van der Waals surface area (Å²) < 4.78 is 33.8. The van der Waals surface area contributed by atoms with Crippen molar-refractivity contribution in [2.75, 3.05) is 32.5 Å². The molecule has 1 aromatic carbocycles. The highest BCUT2D eigenvalue weighted by molar-refractivity contribution is 7.90. The van der Waals surface area contributed by atoms with Gasteiger partial charge in [0.25, 0.3) is 15.9 Å². The molecule has 0 spiro atoms. The summed E-state index contributed by atoms with van der Waals surface area (Å²) in [6.45, 7) is 12.7. The zero-order valence-electron chi connectivity index (χ0n) is 32.6. The number of nitrogens with zero attached hydrogens (tertiary/aromatic N) is 3. The largest absolute Gasteiger partial charge is 0.455 e. The summed E-state index contributed by atoms with van der Waals surface area (Å²) in [5.41, 5.74) is 0.572. The molecule has 1 aromatic heterocycles. The lowest BCUT2D eigenvalue weighted by molar-refractivity contribution is -0.149. The first-order valence-electron chi connectivity index (χ1n) is 18.9. The minimum absolute atomic E-state index is 0.0804. The summed E-state index contributed by atoms with van der Waals surface area (Å²) in [4.78, 5) is 62.2. The molecular weight excluding hydrogens is 717 g/mol. The Morgan fingerprint density at radius 2 is 1.75 bits per heavy atom. The molecule has 1 saturated heterocycles. The van der Waals surface area contributed by atoms with Crippen LogP contribution in [0.15, 0.2) is 34.5 Å². The van der Waals surface area contributed by atoms with Gasteiger partial charge in [-0.05, 0) is 69.0 Å². The van der Waals surface area contributed by atoms with Crippen LogP contribution in [0.5, 0.6) is 0 Å². The third kappa shape index (κ3) is 12.5. The number of amides is 3. The fourth-order valence-electron chi connectivity index (χ4n) is 6.62. The molecule has 1 aliphatic rings. The molecule has 3 amide bonds. The molecule has 2 heterocycles. The van der Waals surface area contributed by atoms with Gasteiger partial charge in [-0.2, -0.15) is 0 Å². The van der Waals surface area contributed by atoms with Crippen molar-refractivity contribution in [3.05, 3.63) is 40.3 Å². The normalized spacial score (nSPS) is 17.3. The number of rotatable bonds is 20. The number of piperidine rings is 1. The predicted molar refractivity (Wildman–Crippen MR) is 208 cm³/mol. The van der Waals surface area contributed by atoms with Crippen LogP contribution in [0.4, 0.5) is 5.69 Å². The molecule has 296 valence electrons. The van der Waals surface area contributed by atoms with Crippen LogP contribution < -0.4 is 15.4 Å². The van der Waals surface area contributed by atoms with Gasteiger partial charge in [0.1, 0.15) is 16.7 Å². The van der Waals surface area contributed by atoms with Crippen LogP contribution in [0.3, 0.4) is 0 Å². The summed E-state index contributed by atoms with van der Waals surface area (Å²) in [6, 6.07) is 4.49. The van der Waals surface area contributed by atoms with E-state index in [1.54, 1.807) is 19.2 Å². The number of hydrogen-bond donors (Lipinski definition) is 3. The number of hydrogen-bond acceptors (Lipinski definition) is 11. The molecule has 0 unspecified atom stereocenters. The minimum Gasteiger partial charge on any atom is -0.455 e. The van der Waals surface area contributed by atoms with Crippen LogP contribution in [-0.4, -0.2) is 92.2 Å². The SMILES string of the molecule is CCCCCCN(C(=O)[C@@H](NC(=O)[C@H]1CCCCN1C)[C@@H](C)CC)[C@H](C[C@@H](OC(C)=O)c1nc(C(=O)NS(=O)(=O)c2ccc(NC)cc2)cs1)C(C)C. The number of aromatic nitrogens is 1. The smallest absolute Gasteiger partial charge is 0.303 e. The number of unbranched alkanes of at least 4 members (excludes halogenated alkanes) is 3. The van der Waals surface area contributed by atoms with Gasteiger partial charge in [-0.1, -0.05) is 66.7 Å². The van der Waals surface area contributed by atoms with Crippen molar-refractivity contribution >= 4 is 50.7 Å². The lowest BCUT2D eigenvalue weighted by Gasteiger charge is -2.40. The number of carbonyl (C=O) groups is 4. The number of ether oxygens (including phenoxy) is 1. The van der Waals surface area contributed by atoms with E-state index < -0.39 is 40.1 Å². The number of benzene rings is 1. The Morgan fingerprint density at radius 1 is 1.06 bits per heavy atom. The molecule has 3 N–H and O–H groups in total. The van der Waals surface area contributed by atoms with Gasteiger partial charge in [0.05, 0.1) is 10.9 Å². The first-order valence-corrected chi connectivity index (χ1v) is 21.3. The zero-order chi connectivity index (χ0) is 39.3. The molecule has 0 bridgehead atoms. The first kappa shape index (κ1) is 43.8. The van der Waals surface area contributed by atoms with Gasteiger partial charge in [0.15, 0.2) is 6.10 Å². The van der Waals surface area contributed by atoms with Crippen molar-refractivity contribution in [1.29, 1.82) is 0 Å². The summed E-state index contributed by atoms with van der Waals surface area (Å²) in [7, 11) is -0.531. The van der Waals surface area contributed by atoms with E-state index in [2.05, 4.69) is 32.2 Å². The van der Waals surface area contributed by atoms with Gasteiger partial charge in [0.2, 0.25) is 11.8 Å². The second-order valence-electron chi connectivity index (χ2n) is 14.4. The molecule has 53 heavy (non-hydrogen) atoms. The number of carbonyl (C=O) groups excluding carboxylic acids is 4. The Labute approximate surface area is 320 Å². The number of esters is 1. The van der Waals surface area contributed by atoms with E-state index in [1.165, 1.54) is 24.4 Å². The van der Waals surface area contributed by atoms with Crippen molar-refractivity contribution in [3.63, 3.8) is 0 Å². The van der Waals surface area contributed by atoms with Crippen molar-refractivity contribution in [2.45, 2.75) is 128 Å².